The van der Waals surface area contributed by atoms with E-state index in [1.165, 1.54) is 48.0 Å². The van der Waals surface area contributed by atoms with Gasteiger partial charge >= 0.3 is 0 Å². The molecule has 8 aromatic rings. The van der Waals surface area contributed by atoms with Crippen LogP contribution in [0.2, 0.25) is 0 Å². The summed E-state index contributed by atoms with van der Waals surface area (Å²) in [5.74, 6) is 2.58. The largest absolute Gasteiger partial charge is 0.208 e. The van der Waals surface area contributed by atoms with Crippen LogP contribution in [0.25, 0.3) is 71.0 Å². The van der Waals surface area contributed by atoms with Gasteiger partial charge in [0.15, 0.2) is 17.5 Å². The first-order valence-electron chi connectivity index (χ1n) is 16.7. The Hall–Kier alpha value is -5.97. The fourth-order valence-electron chi connectivity index (χ4n) is 7.57. The van der Waals surface area contributed by atoms with E-state index < -0.39 is 0 Å². The van der Waals surface area contributed by atoms with Crippen LogP contribution < -0.4 is 0 Å². The highest BCUT2D eigenvalue weighted by Gasteiger charge is 2.32. The number of nitrogens with zero attached hydrogens (tertiary/aromatic N) is 3. The molecular weight excluding hydrogens is 615 g/mol. The summed E-state index contributed by atoms with van der Waals surface area (Å²) in [6.45, 7) is 0. The number of thiophene rings is 1. The van der Waals surface area contributed by atoms with Gasteiger partial charge in [-0.05, 0) is 63.7 Å². The molecule has 2 atom stereocenters. The molecule has 3 nitrogen and oxygen atoms in total. The molecule has 0 radical (unpaired) electrons. The molecule has 0 bridgehead atoms. The summed E-state index contributed by atoms with van der Waals surface area (Å²) in [6, 6.07) is 51.7. The first-order chi connectivity index (χ1) is 24.3. The van der Waals surface area contributed by atoms with Crippen LogP contribution >= 0.6 is 11.3 Å². The molecule has 2 aliphatic rings. The molecule has 230 valence electrons. The lowest BCUT2D eigenvalue weighted by atomic mass is 9.69. The van der Waals surface area contributed by atoms with Crippen LogP contribution in [0.15, 0.2) is 164 Å². The summed E-state index contributed by atoms with van der Waals surface area (Å²) >= 11 is 1.82. The van der Waals surface area contributed by atoms with Gasteiger partial charge in [-0.15, -0.1) is 11.3 Å². The first kappa shape index (κ1) is 28.1. The van der Waals surface area contributed by atoms with Crippen LogP contribution in [0.1, 0.15) is 28.5 Å². The normalized spacial score (nSPS) is 16.2. The first-order valence-corrected chi connectivity index (χ1v) is 17.5. The van der Waals surface area contributed by atoms with E-state index in [0.29, 0.717) is 23.4 Å². The minimum absolute atomic E-state index is 0.270. The second-order valence-electron chi connectivity index (χ2n) is 12.8. The van der Waals surface area contributed by atoms with E-state index in [0.717, 1.165) is 22.3 Å². The van der Waals surface area contributed by atoms with Crippen LogP contribution in [-0.4, -0.2) is 15.0 Å². The topological polar surface area (TPSA) is 38.7 Å². The molecule has 2 aromatic heterocycles. The summed E-state index contributed by atoms with van der Waals surface area (Å²) in [5, 5.41) is 2.49. The average Bonchev–Trinajstić information content (AvgIpc) is 3.56. The van der Waals surface area contributed by atoms with Gasteiger partial charge in [0.1, 0.15) is 0 Å². The quantitative estimate of drug-likeness (QED) is 0.192. The number of hydrogen-bond donors (Lipinski definition) is 0. The lowest BCUT2D eigenvalue weighted by Gasteiger charge is -2.35. The lowest BCUT2D eigenvalue weighted by molar-refractivity contribution is 0.722. The zero-order valence-electron chi connectivity index (χ0n) is 26.5. The Kier molecular flexibility index (Phi) is 6.49. The maximum atomic E-state index is 5.12. The van der Waals surface area contributed by atoms with E-state index in [-0.39, 0.29) is 5.92 Å². The summed E-state index contributed by atoms with van der Waals surface area (Å²) < 4.78 is 2.54. The Bertz CT molecular complexity index is 2630. The number of aromatic nitrogens is 3. The predicted octanol–water partition coefficient (Wildman–Crippen LogP) is 11.7. The summed E-state index contributed by atoms with van der Waals surface area (Å²) in [4.78, 5) is 15.2. The Morgan fingerprint density at radius 3 is 1.82 bits per heavy atom. The monoisotopic (exact) mass is 643 g/mol. The highest BCUT2D eigenvalue weighted by atomic mass is 32.1. The van der Waals surface area contributed by atoms with Gasteiger partial charge in [0.25, 0.3) is 0 Å². The van der Waals surface area contributed by atoms with Crippen LogP contribution in [0, 0.1) is 0 Å². The third kappa shape index (κ3) is 4.75. The van der Waals surface area contributed by atoms with Crippen molar-refractivity contribution in [2.45, 2.75) is 11.8 Å². The highest BCUT2D eigenvalue weighted by molar-refractivity contribution is 7.25. The molecule has 0 aliphatic heterocycles. The molecule has 2 unspecified atom stereocenters. The molecule has 0 amide bonds. The van der Waals surface area contributed by atoms with Crippen LogP contribution in [0.4, 0.5) is 0 Å². The van der Waals surface area contributed by atoms with Crippen molar-refractivity contribution in [1.29, 1.82) is 0 Å². The van der Waals surface area contributed by atoms with Crippen molar-refractivity contribution in [3.63, 3.8) is 0 Å². The smallest absolute Gasteiger partial charge is 0.164 e. The van der Waals surface area contributed by atoms with Crippen molar-refractivity contribution >= 4 is 37.1 Å². The minimum atomic E-state index is 0.270. The summed E-state index contributed by atoms with van der Waals surface area (Å²) in [5.41, 5.74) is 10.7. The molecule has 0 saturated heterocycles. The van der Waals surface area contributed by atoms with Gasteiger partial charge in [-0.2, -0.15) is 0 Å². The predicted molar refractivity (Wildman–Crippen MR) is 204 cm³/mol. The molecule has 0 saturated carbocycles. The third-order valence-corrected chi connectivity index (χ3v) is 11.1. The van der Waals surface area contributed by atoms with Crippen molar-refractivity contribution < 1.29 is 0 Å². The summed E-state index contributed by atoms with van der Waals surface area (Å²) in [6.07, 6.45) is 7.13. The maximum Gasteiger partial charge on any atom is 0.164 e. The molecule has 2 heterocycles. The van der Waals surface area contributed by atoms with Gasteiger partial charge in [-0.1, -0.05) is 133 Å². The van der Waals surface area contributed by atoms with E-state index >= 15 is 0 Å². The van der Waals surface area contributed by atoms with Crippen molar-refractivity contribution in [1.82, 2.24) is 15.0 Å². The second kappa shape index (κ2) is 11.3. The third-order valence-electron chi connectivity index (χ3n) is 9.92. The molecule has 6 aromatic carbocycles. The molecule has 0 spiro atoms. The number of allylic oxidation sites excluding steroid dienone is 4. The molecule has 10 rings (SSSR count). The Labute approximate surface area is 288 Å². The molecule has 0 fully saturated rings. The van der Waals surface area contributed by atoms with Crippen molar-refractivity contribution in [3.8, 4) is 45.3 Å². The summed E-state index contributed by atoms with van der Waals surface area (Å²) in [7, 11) is 0. The van der Waals surface area contributed by atoms with E-state index in [9.17, 15) is 0 Å². The van der Waals surface area contributed by atoms with Gasteiger partial charge in [0.05, 0.1) is 0 Å². The SMILES string of the molecule is C1=CC2c3ccccc3-c3ccccc3C2C=C1c1cccc(-c2nc(-c3ccccc3)nc(-c3ccc4sc5ccccc5c4c3)n2)c1. The van der Waals surface area contributed by atoms with Gasteiger partial charge in [-0.3, -0.25) is 0 Å². The standard InChI is InChI=1S/C45H29N3S/c1-2-11-28(12-3-1)43-46-44(48-45(47-43)32-22-24-42-40(27-32)38-19-8-9-20-41(38)49-42)31-14-10-13-29(25-31)30-21-23-37-35-17-5-4-15-33(35)34-16-6-7-18-36(34)39(37)26-30/h1-27,37,39H. The van der Waals surface area contributed by atoms with E-state index in [1.807, 2.05) is 29.5 Å². The number of benzene rings is 6. The molecular formula is C45H29N3S. The number of hydrogen-bond acceptors (Lipinski definition) is 4. The van der Waals surface area contributed by atoms with Crippen LogP contribution in [0.5, 0.6) is 0 Å². The van der Waals surface area contributed by atoms with E-state index in [2.05, 4.69) is 146 Å². The van der Waals surface area contributed by atoms with Gasteiger partial charge in [0.2, 0.25) is 0 Å². The van der Waals surface area contributed by atoms with E-state index in [4.69, 9.17) is 15.0 Å². The van der Waals surface area contributed by atoms with Crippen LogP contribution in [-0.2, 0) is 0 Å². The average molecular weight is 644 g/mol. The van der Waals surface area contributed by atoms with Gasteiger partial charge < -0.3 is 0 Å². The highest BCUT2D eigenvalue weighted by Crippen LogP contribution is 2.51. The van der Waals surface area contributed by atoms with Crippen molar-refractivity contribution in [2.75, 3.05) is 0 Å². The fraction of sp³-hybridized carbons (Fsp3) is 0.0444. The zero-order valence-corrected chi connectivity index (χ0v) is 27.3. The molecule has 49 heavy (non-hydrogen) atoms. The molecule has 4 heteroatoms. The zero-order chi connectivity index (χ0) is 32.3. The maximum absolute atomic E-state index is 5.12. The Morgan fingerprint density at radius 2 is 1.02 bits per heavy atom. The van der Waals surface area contributed by atoms with Crippen molar-refractivity contribution in [2.24, 2.45) is 0 Å². The minimum Gasteiger partial charge on any atom is -0.208 e. The van der Waals surface area contributed by atoms with Crippen LogP contribution in [0.3, 0.4) is 0 Å². The van der Waals surface area contributed by atoms with E-state index in [1.54, 1.807) is 0 Å². The second-order valence-corrected chi connectivity index (χ2v) is 13.9. The fourth-order valence-corrected chi connectivity index (χ4v) is 8.66. The lowest BCUT2D eigenvalue weighted by Crippen LogP contribution is -2.17. The Balaban J connectivity index is 1.08. The Morgan fingerprint density at radius 1 is 0.429 bits per heavy atom. The number of fused-ring (bicyclic) bond motifs is 9. The van der Waals surface area contributed by atoms with Crippen molar-refractivity contribution in [3.05, 3.63) is 181 Å². The van der Waals surface area contributed by atoms with Gasteiger partial charge in [-0.25, -0.2) is 15.0 Å². The van der Waals surface area contributed by atoms with Gasteiger partial charge in [0, 0.05) is 48.7 Å². The molecule has 0 N–H and O–H groups in total. The molecule has 2 aliphatic carbocycles. The number of rotatable bonds is 4.